The van der Waals surface area contributed by atoms with Gasteiger partial charge >= 0.3 is 0 Å². The number of amidine groups is 1. The molecule has 0 saturated heterocycles. The van der Waals surface area contributed by atoms with Crippen LogP contribution in [0.25, 0.3) is 0 Å². The number of sulfonamides is 1. The van der Waals surface area contributed by atoms with Crippen LogP contribution in [0.3, 0.4) is 0 Å². The summed E-state index contributed by atoms with van der Waals surface area (Å²) < 4.78 is 26.7. The Balaban J connectivity index is 2.72. The number of anilines is 1. The van der Waals surface area contributed by atoms with Crippen molar-refractivity contribution in [3.05, 3.63) is 23.8 Å². The minimum Gasteiger partial charge on any atom is -0.342 e. The summed E-state index contributed by atoms with van der Waals surface area (Å²) in [6, 6.07) is 6.31. The van der Waals surface area contributed by atoms with Gasteiger partial charge in [0.15, 0.2) is 0 Å². The quantitative estimate of drug-likeness (QED) is 0.710. The zero-order chi connectivity index (χ0) is 11.1. The zero-order valence-electron chi connectivity index (χ0n) is 7.85. The lowest BCUT2D eigenvalue weighted by Crippen LogP contribution is -2.18. The molecule has 0 bridgehead atoms. The minimum absolute atomic E-state index is 0.0483. The topological polar surface area (TPSA) is 82.3 Å². The van der Waals surface area contributed by atoms with Gasteiger partial charge in [-0.15, -0.1) is 4.40 Å². The molecule has 15 heavy (non-hydrogen) atoms. The molecule has 0 amide bonds. The van der Waals surface area contributed by atoms with Crippen LogP contribution in [-0.4, -0.2) is 14.3 Å². The van der Waals surface area contributed by atoms with Crippen molar-refractivity contribution in [2.75, 3.05) is 5.32 Å². The highest BCUT2D eigenvalue weighted by Crippen LogP contribution is 2.27. The van der Waals surface area contributed by atoms with Crippen LogP contribution in [0.5, 0.6) is 0 Å². The van der Waals surface area contributed by atoms with E-state index >= 15 is 0 Å². The van der Waals surface area contributed by atoms with Gasteiger partial charge in [-0.1, -0.05) is 0 Å². The third-order valence-electron chi connectivity index (χ3n) is 1.96. The monoisotopic (exact) mass is 221 g/mol. The molecule has 1 aliphatic rings. The van der Waals surface area contributed by atoms with E-state index in [1.54, 1.807) is 19.1 Å². The second kappa shape index (κ2) is 3.07. The Kier molecular flexibility index (Phi) is 1.98. The molecular weight excluding hydrogens is 214 g/mol. The summed E-state index contributed by atoms with van der Waals surface area (Å²) in [5.74, 6) is 0.326. The number of hydrogen-bond donors (Lipinski definition) is 1. The molecule has 2 rings (SSSR count). The molecule has 5 nitrogen and oxygen atoms in total. The van der Waals surface area contributed by atoms with E-state index in [0.29, 0.717) is 17.1 Å². The Morgan fingerprint density at radius 2 is 2.20 bits per heavy atom. The fourth-order valence-corrected chi connectivity index (χ4v) is 2.53. The maximum atomic E-state index is 11.6. The summed E-state index contributed by atoms with van der Waals surface area (Å²) in [6.07, 6.45) is 0. The summed E-state index contributed by atoms with van der Waals surface area (Å²) in [6.45, 7) is 1.57. The van der Waals surface area contributed by atoms with Crippen molar-refractivity contribution in [3.8, 4) is 6.07 Å². The number of rotatable bonds is 0. The van der Waals surface area contributed by atoms with Crippen LogP contribution in [0, 0.1) is 11.3 Å². The molecule has 0 aliphatic carbocycles. The Bertz CT molecular complexity index is 596. The third kappa shape index (κ3) is 1.57. The van der Waals surface area contributed by atoms with Crippen molar-refractivity contribution >= 4 is 21.5 Å². The van der Waals surface area contributed by atoms with Crippen LogP contribution in [0.1, 0.15) is 12.5 Å². The standard InChI is InChI=1S/C9H7N3O2S/c1-6-11-8-3-2-7(5-10)4-9(8)15(13,14)12-6/h2-4H,1H3,(H,11,12). The molecule has 0 radical (unpaired) electrons. The summed E-state index contributed by atoms with van der Waals surface area (Å²) in [5.41, 5.74) is 0.760. The average Bonchev–Trinajstić information content (AvgIpc) is 2.16. The fraction of sp³-hybridized carbons (Fsp3) is 0.111. The highest BCUT2D eigenvalue weighted by atomic mass is 32.2. The number of hydrogen-bond acceptors (Lipinski definition) is 4. The molecule has 1 N–H and O–H groups in total. The molecule has 0 aromatic heterocycles. The summed E-state index contributed by atoms with van der Waals surface area (Å²) in [7, 11) is -3.65. The van der Waals surface area contributed by atoms with Gasteiger partial charge in [0.05, 0.1) is 17.3 Å². The van der Waals surface area contributed by atoms with E-state index < -0.39 is 10.0 Å². The van der Waals surface area contributed by atoms with E-state index in [2.05, 4.69) is 9.71 Å². The first-order chi connectivity index (χ1) is 7.03. The van der Waals surface area contributed by atoms with Crippen LogP contribution in [0.2, 0.25) is 0 Å². The third-order valence-corrected chi connectivity index (χ3v) is 3.37. The van der Waals surface area contributed by atoms with Gasteiger partial charge in [-0.2, -0.15) is 13.7 Å². The Labute approximate surface area is 87.1 Å². The lowest BCUT2D eigenvalue weighted by molar-refractivity contribution is 0.597. The number of nitrogens with zero attached hydrogens (tertiary/aromatic N) is 2. The van der Waals surface area contributed by atoms with Gasteiger partial charge in [-0.3, -0.25) is 0 Å². The van der Waals surface area contributed by atoms with Gasteiger partial charge in [0.1, 0.15) is 10.7 Å². The Morgan fingerprint density at radius 3 is 2.87 bits per heavy atom. The smallest absolute Gasteiger partial charge is 0.286 e. The summed E-state index contributed by atoms with van der Waals surface area (Å²) in [5, 5.41) is 11.5. The van der Waals surface area contributed by atoms with Crippen molar-refractivity contribution in [3.63, 3.8) is 0 Å². The van der Waals surface area contributed by atoms with E-state index in [1.165, 1.54) is 6.07 Å². The molecule has 0 fully saturated rings. The van der Waals surface area contributed by atoms with E-state index in [-0.39, 0.29) is 4.90 Å². The first-order valence-electron chi connectivity index (χ1n) is 4.16. The average molecular weight is 221 g/mol. The number of nitrogens with one attached hydrogen (secondary N) is 1. The van der Waals surface area contributed by atoms with Crippen molar-refractivity contribution in [1.29, 1.82) is 5.26 Å². The van der Waals surface area contributed by atoms with Crippen LogP contribution < -0.4 is 5.32 Å². The molecule has 76 valence electrons. The van der Waals surface area contributed by atoms with Crippen molar-refractivity contribution in [1.82, 2.24) is 0 Å². The first-order valence-corrected chi connectivity index (χ1v) is 5.60. The molecule has 6 heteroatoms. The van der Waals surface area contributed by atoms with Crippen molar-refractivity contribution in [2.24, 2.45) is 4.40 Å². The Morgan fingerprint density at radius 1 is 1.47 bits per heavy atom. The van der Waals surface area contributed by atoms with E-state index in [9.17, 15) is 8.42 Å². The largest absolute Gasteiger partial charge is 0.342 e. The van der Waals surface area contributed by atoms with Crippen molar-refractivity contribution < 1.29 is 8.42 Å². The summed E-state index contributed by atoms with van der Waals surface area (Å²) >= 11 is 0. The molecular formula is C9H7N3O2S. The second-order valence-corrected chi connectivity index (χ2v) is 4.67. The van der Waals surface area contributed by atoms with Gasteiger partial charge in [-0.05, 0) is 25.1 Å². The fourth-order valence-electron chi connectivity index (χ4n) is 1.36. The maximum Gasteiger partial charge on any atom is 0.286 e. The number of fused-ring (bicyclic) bond motifs is 1. The Hall–Kier alpha value is -1.87. The van der Waals surface area contributed by atoms with Crippen LogP contribution >= 0.6 is 0 Å². The number of benzene rings is 1. The molecule has 1 heterocycles. The summed E-state index contributed by atoms with van der Waals surface area (Å²) in [4.78, 5) is 0.0483. The van der Waals surface area contributed by atoms with E-state index in [1.807, 2.05) is 6.07 Å². The van der Waals surface area contributed by atoms with Crippen LogP contribution in [0.4, 0.5) is 5.69 Å². The molecule has 0 saturated carbocycles. The molecule has 0 unspecified atom stereocenters. The molecule has 0 atom stereocenters. The van der Waals surface area contributed by atoms with Gasteiger partial charge in [-0.25, -0.2) is 0 Å². The zero-order valence-corrected chi connectivity index (χ0v) is 8.67. The van der Waals surface area contributed by atoms with E-state index in [4.69, 9.17) is 5.26 Å². The van der Waals surface area contributed by atoms with Gasteiger partial charge in [0, 0.05) is 0 Å². The van der Waals surface area contributed by atoms with Crippen molar-refractivity contribution in [2.45, 2.75) is 11.8 Å². The van der Waals surface area contributed by atoms with Gasteiger partial charge < -0.3 is 5.32 Å². The molecule has 1 aromatic rings. The highest BCUT2D eigenvalue weighted by Gasteiger charge is 2.23. The lowest BCUT2D eigenvalue weighted by Gasteiger charge is -2.15. The number of nitriles is 1. The molecule has 1 aromatic carbocycles. The predicted molar refractivity (Wildman–Crippen MR) is 55.1 cm³/mol. The van der Waals surface area contributed by atoms with E-state index in [0.717, 1.165) is 0 Å². The van der Waals surface area contributed by atoms with Gasteiger partial charge in [0.25, 0.3) is 10.0 Å². The van der Waals surface area contributed by atoms with Crippen LogP contribution in [0.15, 0.2) is 27.5 Å². The lowest BCUT2D eigenvalue weighted by atomic mass is 10.2. The predicted octanol–water partition coefficient (Wildman–Crippen LogP) is 1.09. The molecule has 0 spiro atoms. The van der Waals surface area contributed by atoms with Crippen LogP contribution in [-0.2, 0) is 10.0 Å². The maximum absolute atomic E-state index is 11.6. The molecule has 1 aliphatic heterocycles. The van der Waals surface area contributed by atoms with Gasteiger partial charge in [0.2, 0.25) is 0 Å². The normalized spacial score (nSPS) is 16.9. The first kappa shape index (κ1) is 9.68. The highest BCUT2D eigenvalue weighted by molar-refractivity contribution is 7.90. The second-order valence-electron chi connectivity index (χ2n) is 3.10. The SMILES string of the molecule is CC1=NS(=O)(=O)c2cc(C#N)ccc2N1. The minimum atomic E-state index is -3.65.